The Morgan fingerprint density at radius 1 is 0.463 bits per heavy atom. The van der Waals surface area contributed by atoms with E-state index in [1.54, 1.807) is 0 Å². The Balaban J connectivity index is 4.26. The monoisotopic (exact) mass is 770 g/mol. The summed E-state index contributed by atoms with van der Waals surface area (Å²) in [6.45, 7) is 20.1. The number of esters is 3. The maximum absolute atomic E-state index is 12.6. The Morgan fingerprint density at radius 2 is 0.852 bits per heavy atom. The smallest absolute Gasteiger partial charge is 0.307 e. The molecule has 0 amide bonds. The summed E-state index contributed by atoms with van der Waals surface area (Å²) in [6.07, 6.45) is 18.2. The van der Waals surface area contributed by atoms with Gasteiger partial charge in [0.15, 0.2) is 13.6 Å². The van der Waals surface area contributed by atoms with E-state index in [9.17, 15) is 14.4 Å². The Bertz CT molecular complexity index is 848. The van der Waals surface area contributed by atoms with Crippen molar-refractivity contribution in [1.82, 2.24) is 4.90 Å². The van der Waals surface area contributed by atoms with E-state index < -0.39 is 0 Å². The topological polar surface area (TPSA) is 101 Å². The first-order valence-electron chi connectivity index (χ1n) is 22.0. The lowest BCUT2D eigenvalue weighted by Crippen LogP contribution is -2.20. The van der Waals surface area contributed by atoms with Crippen LogP contribution in [0, 0.1) is 35.5 Å². The van der Waals surface area contributed by atoms with Crippen LogP contribution < -0.4 is 0 Å². The summed E-state index contributed by atoms with van der Waals surface area (Å²) in [7, 11) is 4.03. The summed E-state index contributed by atoms with van der Waals surface area (Å²) in [4.78, 5) is 39.0. The molecule has 0 bridgehead atoms. The van der Waals surface area contributed by atoms with Crippen LogP contribution in [0.5, 0.6) is 0 Å². The van der Waals surface area contributed by atoms with E-state index in [1.807, 2.05) is 14.1 Å². The van der Waals surface area contributed by atoms with Crippen molar-refractivity contribution in [2.24, 2.45) is 35.5 Å². The van der Waals surface area contributed by atoms with Crippen molar-refractivity contribution >= 4 is 17.9 Å². The standard InChI is InChI=1S/C45H87NO8/c1-36(2)27-29-40(38(5)6)32-50-34-52-43(47)24-19-15-11-13-17-22-42(54-45(49)26-21-31-46(9)10)23-18-14-12-16-20-25-44(48)53-35-51-33-41(39(7)8)30-28-37(3)4/h36-42H,11-35H2,1-10H3. The van der Waals surface area contributed by atoms with Crippen LogP contribution in [0.4, 0.5) is 0 Å². The van der Waals surface area contributed by atoms with Gasteiger partial charge in [0.25, 0.3) is 0 Å². The van der Waals surface area contributed by atoms with E-state index in [4.69, 9.17) is 23.7 Å². The van der Waals surface area contributed by atoms with Crippen molar-refractivity contribution in [3.8, 4) is 0 Å². The molecule has 9 nitrogen and oxygen atoms in total. The molecule has 0 aliphatic carbocycles. The van der Waals surface area contributed by atoms with Gasteiger partial charge in [-0.2, -0.15) is 0 Å². The van der Waals surface area contributed by atoms with E-state index in [0.717, 1.165) is 103 Å². The molecule has 0 heterocycles. The normalized spacial score (nSPS) is 13.6. The predicted octanol–water partition coefficient (Wildman–Crippen LogP) is 11.2. The van der Waals surface area contributed by atoms with Gasteiger partial charge in [-0.15, -0.1) is 0 Å². The molecule has 2 unspecified atom stereocenters. The van der Waals surface area contributed by atoms with Crippen molar-refractivity contribution in [2.75, 3.05) is 47.4 Å². The molecule has 0 radical (unpaired) electrons. The first kappa shape index (κ1) is 52.3. The summed E-state index contributed by atoms with van der Waals surface area (Å²) < 4.78 is 28.0. The zero-order valence-electron chi connectivity index (χ0n) is 36.9. The average molecular weight is 770 g/mol. The first-order chi connectivity index (χ1) is 25.7. The van der Waals surface area contributed by atoms with Gasteiger partial charge in [-0.1, -0.05) is 107 Å². The van der Waals surface area contributed by atoms with Gasteiger partial charge < -0.3 is 28.6 Å². The fraction of sp³-hybridized carbons (Fsp3) is 0.933. The molecule has 0 aliphatic rings. The van der Waals surface area contributed by atoms with E-state index >= 15 is 0 Å². The molecule has 320 valence electrons. The van der Waals surface area contributed by atoms with Crippen molar-refractivity contribution in [2.45, 2.75) is 190 Å². The molecule has 0 N–H and O–H groups in total. The molecule has 54 heavy (non-hydrogen) atoms. The highest BCUT2D eigenvalue weighted by Gasteiger charge is 2.17. The highest BCUT2D eigenvalue weighted by molar-refractivity contribution is 5.70. The highest BCUT2D eigenvalue weighted by atomic mass is 16.7. The highest BCUT2D eigenvalue weighted by Crippen LogP contribution is 2.22. The van der Waals surface area contributed by atoms with Gasteiger partial charge in [0.1, 0.15) is 6.10 Å². The van der Waals surface area contributed by atoms with Crippen molar-refractivity contribution in [3.05, 3.63) is 0 Å². The third-order valence-electron chi connectivity index (χ3n) is 10.5. The largest absolute Gasteiger partial charge is 0.462 e. The number of hydrogen-bond donors (Lipinski definition) is 0. The Hall–Kier alpha value is -1.71. The molecular weight excluding hydrogens is 682 g/mol. The Morgan fingerprint density at radius 3 is 1.24 bits per heavy atom. The van der Waals surface area contributed by atoms with Gasteiger partial charge in [-0.05, 0) is 114 Å². The van der Waals surface area contributed by atoms with E-state index in [0.29, 0.717) is 68.0 Å². The third-order valence-corrected chi connectivity index (χ3v) is 10.5. The number of hydrogen-bond acceptors (Lipinski definition) is 9. The van der Waals surface area contributed by atoms with Crippen LogP contribution in [0.15, 0.2) is 0 Å². The quantitative estimate of drug-likeness (QED) is 0.0264. The zero-order valence-corrected chi connectivity index (χ0v) is 36.9. The molecule has 0 aliphatic heterocycles. The maximum atomic E-state index is 12.6. The Kier molecular flexibility index (Phi) is 33.4. The Labute approximate surface area is 333 Å². The number of ether oxygens (including phenoxy) is 5. The molecule has 2 atom stereocenters. The van der Waals surface area contributed by atoms with Crippen molar-refractivity contribution in [3.63, 3.8) is 0 Å². The second kappa shape index (κ2) is 34.5. The van der Waals surface area contributed by atoms with E-state index in [-0.39, 0.29) is 37.6 Å². The van der Waals surface area contributed by atoms with E-state index in [1.165, 1.54) is 12.8 Å². The van der Waals surface area contributed by atoms with Gasteiger partial charge in [0.05, 0.1) is 13.2 Å². The molecular formula is C45H87NO8. The fourth-order valence-electron chi connectivity index (χ4n) is 6.46. The lowest BCUT2D eigenvalue weighted by Gasteiger charge is -2.21. The first-order valence-corrected chi connectivity index (χ1v) is 22.0. The van der Waals surface area contributed by atoms with Crippen LogP contribution in [-0.4, -0.2) is 76.4 Å². The second-order valence-corrected chi connectivity index (χ2v) is 17.6. The van der Waals surface area contributed by atoms with Crippen molar-refractivity contribution in [1.29, 1.82) is 0 Å². The number of nitrogens with zero attached hydrogens (tertiary/aromatic N) is 1. The van der Waals surface area contributed by atoms with Crippen LogP contribution in [0.25, 0.3) is 0 Å². The summed E-state index contributed by atoms with van der Waals surface area (Å²) in [6, 6.07) is 0. The summed E-state index contributed by atoms with van der Waals surface area (Å²) in [5.74, 6) is 2.97. The van der Waals surface area contributed by atoms with Crippen LogP contribution in [0.1, 0.15) is 184 Å². The summed E-state index contributed by atoms with van der Waals surface area (Å²) >= 11 is 0. The van der Waals surface area contributed by atoms with Gasteiger partial charge in [-0.25, -0.2) is 0 Å². The van der Waals surface area contributed by atoms with E-state index in [2.05, 4.69) is 60.3 Å². The van der Waals surface area contributed by atoms with Crippen LogP contribution >= 0.6 is 0 Å². The predicted molar refractivity (Wildman–Crippen MR) is 221 cm³/mol. The van der Waals surface area contributed by atoms with Gasteiger partial charge in [-0.3, -0.25) is 14.4 Å². The minimum absolute atomic E-state index is 0.0431. The molecule has 0 aromatic heterocycles. The lowest BCUT2D eigenvalue weighted by atomic mass is 9.89. The average Bonchev–Trinajstić information content (AvgIpc) is 3.09. The zero-order chi connectivity index (χ0) is 40.6. The molecule has 9 heteroatoms. The SMILES string of the molecule is CC(C)CCC(COCOC(=O)CCCCCCCC(CCCCCCCC(=O)OCOCC(CCC(C)C)C(C)C)OC(=O)CCCN(C)C)C(C)C. The molecule has 0 aromatic carbocycles. The fourth-order valence-corrected chi connectivity index (χ4v) is 6.46. The van der Waals surface area contributed by atoms with Gasteiger partial charge in [0.2, 0.25) is 0 Å². The minimum Gasteiger partial charge on any atom is -0.462 e. The van der Waals surface area contributed by atoms with Crippen LogP contribution in [0.3, 0.4) is 0 Å². The molecule has 0 saturated carbocycles. The van der Waals surface area contributed by atoms with Crippen molar-refractivity contribution < 1.29 is 38.1 Å². The molecule has 0 spiro atoms. The van der Waals surface area contributed by atoms with Crippen LogP contribution in [-0.2, 0) is 38.1 Å². The lowest BCUT2D eigenvalue weighted by molar-refractivity contribution is -0.158. The number of carbonyl (C=O) groups is 3. The molecule has 0 fully saturated rings. The number of unbranched alkanes of at least 4 members (excludes halogenated alkanes) is 8. The van der Waals surface area contributed by atoms with Gasteiger partial charge >= 0.3 is 17.9 Å². The molecule has 0 saturated heterocycles. The summed E-state index contributed by atoms with van der Waals surface area (Å²) in [5.41, 5.74) is 0. The maximum Gasteiger partial charge on any atom is 0.307 e. The number of carbonyl (C=O) groups excluding carboxylic acids is 3. The number of rotatable bonds is 37. The second-order valence-electron chi connectivity index (χ2n) is 17.6. The van der Waals surface area contributed by atoms with Gasteiger partial charge in [0, 0.05) is 19.3 Å². The van der Waals surface area contributed by atoms with Crippen LogP contribution in [0.2, 0.25) is 0 Å². The minimum atomic E-state index is -0.188. The third kappa shape index (κ3) is 33.6. The molecule has 0 rings (SSSR count). The molecule has 0 aromatic rings. The summed E-state index contributed by atoms with van der Waals surface area (Å²) in [5, 5.41) is 0.